The molecule has 2 fully saturated rings. The highest BCUT2D eigenvalue weighted by atomic mass is 79.9. The van der Waals surface area contributed by atoms with Crippen molar-refractivity contribution in [2.24, 2.45) is 5.92 Å². The fourth-order valence-electron chi connectivity index (χ4n) is 4.52. The predicted molar refractivity (Wildman–Crippen MR) is 142 cm³/mol. The lowest BCUT2D eigenvalue weighted by atomic mass is 10.1. The van der Waals surface area contributed by atoms with E-state index in [4.69, 9.17) is 9.90 Å². The molecule has 10 nitrogen and oxygen atoms in total. The summed E-state index contributed by atoms with van der Waals surface area (Å²) in [6, 6.07) is 9.61. The Balaban J connectivity index is 0.000000559. The first-order chi connectivity index (χ1) is 19.0. The van der Waals surface area contributed by atoms with Gasteiger partial charge in [-0.05, 0) is 65.2 Å². The summed E-state index contributed by atoms with van der Waals surface area (Å²) < 4.78 is 32.4. The molecule has 1 aliphatic heterocycles. The second kappa shape index (κ2) is 14.4. The van der Waals surface area contributed by atoms with Gasteiger partial charge in [0.25, 0.3) is 5.91 Å². The minimum atomic E-state index is -5.08. The van der Waals surface area contributed by atoms with Crippen molar-refractivity contribution in [1.82, 2.24) is 20.3 Å². The van der Waals surface area contributed by atoms with Crippen molar-refractivity contribution in [3.8, 4) is 6.07 Å². The van der Waals surface area contributed by atoms with E-state index in [0.717, 1.165) is 50.9 Å². The van der Waals surface area contributed by atoms with E-state index in [9.17, 15) is 28.3 Å². The number of carbonyl (C=O) groups excluding carboxylic acids is 1. The van der Waals surface area contributed by atoms with E-state index in [1.807, 2.05) is 30.3 Å². The van der Waals surface area contributed by atoms with Crippen molar-refractivity contribution in [2.45, 2.75) is 57.3 Å². The smallest absolute Gasteiger partial charge is 0.475 e. The average Bonchev–Trinajstić information content (AvgIpc) is 3.43. The SMILES string of the molecule is N#Cc1ncc(Br)c(N(CC2CCCC2)NC(=O)c2ccc(CN3CCC(O)CC3)cc2)n1.O=C(O)C(F)(F)F. The van der Waals surface area contributed by atoms with Crippen LogP contribution in [0, 0.1) is 17.2 Å². The topological polar surface area (TPSA) is 143 Å². The number of aliphatic hydroxyl groups is 1. The Morgan fingerprint density at radius 3 is 2.30 bits per heavy atom. The molecule has 40 heavy (non-hydrogen) atoms. The van der Waals surface area contributed by atoms with Gasteiger partial charge in [0, 0.05) is 37.9 Å². The lowest BCUT2D eigenvalue weighted by Gasteiger charge is -2.29. The molecule has 1 saturated heterocycles. The number of carboxylic acid groups (broad SMARTS) is 1. The third kappa shape index (κ3) is 9.42. The number of nitrogens with one attached hydrogen (secondary N) is 1. The van der Waals surface area contributed by atoms with E-state index >= 15 is 0 Å². The molecule has 0 atom stereocenters. The highest BCUT2D eigenvalue weighted by molar-refractivity contribution is 9.10. The van der Waals surface area contributed by atoms with Crippen LogP contribution in [0.5, 0.6) is 0 Å². The number of anilines is 1. The van der Waals surface area contributed by atoms with Crippen molar-refractivity contribution in [2.75, 3.05) is 24.6 Å². The van der Waals surface area contributed by atoms with Gasteiger partial charge in [0.2, 0.25) is 5.82 Å². The maximum atomic E-state index is 13.1. The summed E-state index contributed by atoms with van der Waals surface area (Å²) in [6.45, 7) is 3.22. The fourth-order valence-corrected chi connectivity index (χ4v) is 4.93. The molecule has 0 unspecified atom stereocenters. The largest absolute Gasteiger partial charge is 0.490 e. The molecule has 2 aliphatic rings. The van der Waals surface area contributed by atoms with E-state index < -0.39 is 12.1 Å². The highest BCUT2D eigenvalue weighted by Crippen LogP contribution is 2.29. The highest BCUT2D eigenvalue weighted by Gasteiger charge is 2.38. The van der Waals surface area contributed by atoms with Crippen LogP contribution in [0.4, 0.5) is 19.0 Å². The van der Waals surface area contributed by atoms with E-state index in [-0.39, 0.29) is 17.8 Å². The lowest BCUT2D eigenvalue weighted by molar-refractivity contribution is -0.192. The molecule has 0 radical (unpaired) electrons. The first-order valence-electron chi connectivity index (χ1n) is 12.8. The van der Waals surface area contributed by atoms with Gasteiger partial charge in [-0.2, -0.15) is 23.4 Å². The van der Waals surface area contributed by atoms with Crippen LogP contribution < -0.4 is 10.4 Å². The molecule has 1 aromatic heterocycles. The zero-order chi connectivity index (χ0) is 29.3. The van der Waals surface area contributed by atoms with Crippen LogP contribution in [-0.4, -0.2) is 68.9 Å². The number of amides is 1. The van der Waals surface area contributed by atoms with E-state index in [1.165, 1.54) is 12.8 Å². The number of likely N-dealkylation sites (tertiary alicyclic amines) is 1. The molecular formula is C26H30BrF3N6O4. The van der Waals surface area contributed by atoms with Gasteiger partial charge < -0.3 is 10.2 Å². The standard InChI is InChI=1S/C24H29BrN6O2.C2HF3O2/c25-21-14-27-22(13-26)28-23(21)31(16-17-3-1-2-4-17)29-24(33)19-7-5-18(6-8-19)15-30-11-9-20(32)10-12-30;3-2(4,5)1(6)7/h5-8,14,17,20,32H,1-4,9-12,15-16H2,(H,29,33);(H,6,7). The van der Waals surface area contributed by atoms with E-state index in [1.54, 1.807) is 11.2 Å². The Bertz CT molecular complexity index is 1190. The van der Waals surface area contributed by atoms with Gasteiger partial charge in [-0.15, -0.1) is 0 Å². The third-order valence-electron chi connectivity index (χ3n) is 6.66. The Morgan fingerprint density at radius 1 is 1.15 bits per heavy atom. The van der Waals surface area contributed by atoms with Crippen molar-refractivity contribution >= 4 is 33.6 Å². The molecular weight excluding hydrogens is 597 g/mol. The zero-order valence-corrected chi connectivity index (χ0v) is 23.2. The summed E-state index contributed by atoms with van der Waals surface area (Å²) >= 11 is 3.47. The number of carbonyl (C=O) groups is 2. The molecule has 0 bridgehead atoms. The Morgan fingerprint density at radius 2 is 1.75 bits per heavy atom. The second-order valence-electron chi connectivity index (χ2n) is 9.69. The first kappa shape index (κ1) is 31.3. The number of alkyl halides is 3. The van der Waals surface area contributed by atoms with Gasteiger partial charge >= 0.3 is 12.1 Å². The molecule has 1 aliphatic carbocycles. The summed E-state index contributed by atoms with van der Waals surface area (Å²) in [6.07, 6.45) is 2.51. The number of nitriles is 1. The van der Waals surface area contributed by atoms with Crippen molar-refractivity contribution in [1.29, 1.82) is 5.26 Å². The van der Waals surface area contributed by atoms with Crippen molar-refractivity contribution < 1.29 is 33.0 Å². The molecule has 1 saturated carbocycles. The Labute approximate surface area is 237 Å². The monoisotopic (exact) mass is 626 g/mol. The number of aromatic nitrogens is 2. The maximum absolute atomic E-state index is 13.1. The number of piperidine rings is 1. The Hall–Kier alpha value is -3.28. The molecule has 2 heterocycles. The fraction of sp³-hybridized carbons (Fsp3) is 0.500. The van der Waals surface area contributed by atoms with Gasteiger partial charge in [-0.25, -0.2) is 9.78 Å². The molecule has 2 aromatic rings. The third-order valence-corrected chi connectivity index (χ3v) is 7.21. The van der Waals surface area contributed by atoms with Crippen LogP contribution in [0.1, 0.15) is 60.3 Å². The maximum Gasteiger partial charge on any atom is 0.490 e. The van der Waals surface area contributed by atoms with Crippen LogP contribution in [-0.2, 0) is 11.3 Å². The van der Waals surface area contributed by atoms with Gasteiger partial charge in [-0.1, -0.05) is 25.0 Å². The molecule has 4 rings (SSSR count). The van der Waals surface area contributed by atoms with Crippen LogP contribution in [0.2, 0.25) is 0 Å². The number of hydrogen-bond acceptors (Lipinski definition) is 8. The van der Waals surface area contributed by atoms with Crippen LogP contribution in [0.25, 0.3) is 0 Å². The first-order valence-corrected chi connectivity index (χ1v) is 13.6. The second-order valence-corrected chi connectivity index (χ2v) is 10.5. The molecule has 14 heteroatoms. The number of nitrogens with zero attached hydrogens (tertiary/aromatic N) is 5. The Kier molecular flexibility index (Phi) is 11.2. The van der Waals surface area contributed by atoms with E-state index in [0.29, 0.717) is 28.3 Å². The van der Waals surface area contributed by atoms with Gasteiger partial charge in [-0.3, -0.25) is 20.1 Å². The summed E-state index contributed by atoms with van der Waals surface area (Å²) in [4.78, 5) is 32.6. The predicted octanol–water partition coefficient (Wildman–Crippen LogP) is 4.04. The molecule has 216 valence electrons. The van der Waals surface area contributed by atoms with Crippen LogP contribution >= 0.6 is 15.9 Å². The summed E-state index contributed by atoms with van der Waals surface area (Å²) in [5.41, 5.74) is 4.71. The van der Waals surface area contributed by atoms with Crippen molar-refractivity contribution in [3.05, 3.63) is 51.9 Å². The summed E-state index contributed by atoms with van der Waals surface area (Å²) in [7, 11) is 0. The number of hydrogen-bond donors (Lipinski definition) is 3. The summed E-state index contributed by atoms with van der Waals surface area (Å²) in [5, 5.41) is 27.8. The molecule has 3 N–H and O–H groups in total. The summed E-state index contributed by atoms with van der Waals surface area (Å²) in [5.74, 6) is -1.96. The molecule has 0 spiro atoms. The molecule has 1 aromatic carbocycles. The van der Waals surface area contributed by atoms with Gasteiger partial charge in [0.05, 0.1) is 10.6 Å². The average molecular weight is 627 g/mol. The quantitative estimate of drug-likeness (QED) is 0.388. The van der Waals surface area contributed by atoms with Crippen molar-refractivity contribution in [3.63, 3.8) is 0 Å². The number of benzene rings is 1. The number of halogens is 4. The van der Waals surface area contributed by atoms with E-state index in [2.05, 4.69) is 36.2 Å². The minimum absolute atomic E-state index is 0.0634. The van der Waals surface area contributed by atoms with Gasteiger partial charge in [0.1, 0.15) is 6.07 Å². The number of carboxylic acids is 1. The number of aliphatic hydroxyl groups excluding tert-OH is 1. The van der Waals surface area contributed by atoms with Crippen LogP contribution in [0.15, 0.2) is 34.9 Å². The van der Waals surface area contributed by atoms with Crippen LogP contribution in [0.3, 0.4) is 0 Å². The number of hydrazine groups is 1. The molecule has 1 amide bonds. The number of rotatable bonds is 7. The number of aliphatic carboxylic acids is 1. The minimum Gasteiger partial charge on any atom is -0.475 e. The van der Waals surface area contributed by atoms with Gasteiger partial charge in [0.15, 0.2) is 5.82 Å². The lowest BCUT2D eigenvalue weighted by Crippen LogP contribution is -2.45. The zero-order valence-electron chi connectivity index (χ0n) is 21.6. The normalized spacial score (nSPS) is 16.5.